The summed E-state index contributed by atoms with van der Waals surface area (Å²) in [7, 11) is -4.64. The van der Waals surface area contributed by atoms with E-state index in [1.807, 2.05) is 0 Å². The van der Waals surface area contributed by atoms with E-state index in [0.717, 1.165) is 0 Å². The topological polar surface area (TPSA) is 223 Å². The molecule has 0 unspecified atom stereocenters. The molecule has 0 aliphatic carbocycles. The van der Waals surface area contributed by atoms with Crippen LogP contribution in [0.2, 0.25) is 0 Å². The van der Waals surface area contributed by atoms with E-state index >= 15 is 0 Å². The van der Waals surface area contributed by atoms with Crippen LogP contribution in [0.1, 0.15) is 0 Å². The Morgan fingerprint density at radius 2 is 0.917 bits per heavy atom. The Bertz CT molecular complexity index is 84.5. The second kappa shape index (κ2) is 17.1. The van der Waals surface area contributed by atoms with Crippen molar-refractivity contribution in [2.45, 2.75) is 0 Å². The second-order valence-corrected chi connectivity index (χ2v) is 1.99. The van der Waals surface area contributed by atoms with Crippen molar-refractivity contribution in [2.24, 2.45) is 0 Å². The number of aliphatic hydroxyl groups is 2. The average Bonchev–Trinajstić information content (AvgIpc) is 1.61. The highest BCUT2D eigenvalue weighted by atomic mass is 31.2. The van der Waals surface area contributed by atoms with Gasteiger partial charge in [-0.3, -0.25) is 0 Å². The number of phosphoric acid groups is 1. The SMILES string of the molecule is N.N.N.O=P(O)(O)O.OCCO. The van der Waals surface area contributed by atoms with Crippen molar-refractivity contribution in [1.29, 1.82) is 0 Å². The summed E-state index contributed by atoms with van der Waals surface area (Å²) < 4.78 is 8.88. The maximum atomic E-state index is 8.88. The molecule has 0 aliphatic rings. The Morgan fingerprint density at radius 1 is 0.833 bits per heavy atom. The Labute approximate surface area is 70.0 Å². The minimum Gasteiger partial charge on any atom is -0.394 e. The van der Waals surface area contributed by atoms with Gasteiger partial charge < -0.3 is 43.3 Å². The highest BCUT2D eigenvalue weighted by Gasteiger charge is 2.00. The molecule has 0 saturated heterocycles. The molecule has 0 aromatic carbocycles. The Hall–Kier alpha value is -0.0900. The molecule has 14 N–H and O–H groups in total. The number of rotatable bonds is 1. The maximum Gasteiger partial charge on any atom is 0.466 e. The smallest absolute Gasteiger partial charge is 0.394 e. The normalized spacial score (nSPS) is 7.42. The van der Waals surface area contributed by atoms with Gasteiger partial charge in [0.25, 0.3) is 0 Å². The molecular weight excluding hydrogens is 193 g/mol. The molecule has 12 heavy (non-hydrogen) atoms. The van der Waals surface area contributed by atoms with Crippen LogP contribution in [0.15, 0.2) is 0 Å². The van der Waals surface area contributed by atoms with Gasteiger partial charge >= 0.3 is 7.82 Å². The van der Waals surface area contributed by atoms with Crippen molar-refractivity contribution in [3.8, 4) is 0 Å². The van der Waals surface area contributed by atoms with Gasteiger partial charge in [0, 0.05) is 0 Å². The Kier molecular flexibility index (Phi) is 42.4. The zero-order valence-electron chi connectivity index (χ0n) is 6.63. The van der Waals surface area contributed by atoms with E-state index in [9.17, 15) is 0 Å². The van der Waals surface area contributed by atoms with E-state index in [2.05, 4.69) is 0 Å². The third-order valence-electron chi connectivity index (χ3n) is 0.1000. The van der Waals surface area contributed by atoms with Crippen LogP contribution in [0.25, 0.3) is 0 Å². The quantitative estimate of drug-likeness (QED) is 0.236. The summed E-state index contributed by atoms with van der Waals surface area (Å²) in [5.74, 6) is 0. The third kappa shape index (κ3) is 950. The lowest BCUT2D eigenvalue weighted by atomic mass is 10.8. The Balaban J connectivity index is -0.0000000221. The van der Waals surface area contributed by atoms with Crippen molar-refractivity contribution >= 4 is 7.82 Å². The fraction of sp³-hybridized carbons (Fsp3) is 1.00. The van der Waals surface area contributed by atoms with E-state index in [-0.39, 0.29) is 31.7 Å². The van der Waals surface area contributed by atoms with Crippen LogP contribution in [0.5, 0.6) is 0 Å². The van der Waals surface area contributed by atoms with E-state index < -0.39 is 7.82 Å². The summed E-state index contributed by atoms with van der Waals surface area (Å²) in [6.45, 7) is -0.250. The van der Waals surface area contributed by atoms with Gasteiger partial charge in [0.2, 0.25) is 0 Å². The molecule has 0 heterocycles. The molecule has 0 spiro atoms. The van der Waals surface area contributed by atoms with Crippen molar-refractivity contribution in [3.63, 3.8) is 0 Å². The molecule has 0 bridgehead atoms. The minimum absolute atomic E-state index is 0. The van der Waals surface area contributed by atoms with E-state index in [0.29, 0.717) is 0 Å². The standard InChI is InChI=1S/C2H6O2.3H3N.H3O4P/c3-1-2-4;;;;1-5(2,3)4/h3-4H,1-2H2;3*1H3;(H3,1,2,3,4). The maximum absolute atomic E-state index is 8.88. The first-order chi connectivity index (χ1) is 3.91. The van der Waals surface area contributed by atoms with Crippen molar-refractivity contribution in [2.75, 3.05) is 13.2 Å². The van der Waals surface area contributed by atoms with Gasteiger partial charge in [-0.2, -0.15) is 0 Å². The summed E-state index contributed by atoms with van der Waals surface area (Å²) >= 11 is 0. The first kappa shape index (κ1) is 29.7. The van der Waals surface area contributed by atoms with Gasteiger partial charge in [0.1, 0.15) is 0 Å². The third-order valence-corrected chi connectivity index (χ3v) is 0.1000. The lowest BCUT2D eigenvalue weighted by Crippen LogP contribution is -1.85. The van der Waals surface area contributed by atoms with Crippen molar-refractivity contribution < 1.29 is 29.5 Å². The second-order valence-electron chi connectivity index (χ2n) is 0.960. The molecule has 0 aliphatic heterocycles. The molecule has 0 rings (SSSR count). The zero-order valence-corrected chi connectivity index (χ0v) is 7.52. The summed E-state index contributed by atoms with van der Waals surface area (Å²) in [5, 5.41) is 15.2. The molecule has 0 amide bonds. The molecule has 0 atom stereocenters. The molecule has 82 valence electrons. The van der Waals surface area contributed by atoms with E-state index in [1.165, 1.54) is 0 Å². The van der Waals surface area contributed by atoms with Crippen LogP contribution in [0.3, 0.4) is 0 Å². The Morgan fingerprint density at radius 3 is 0.917 bits per heavy atom. The number of hydrogen-bond acceptors (Lipinski definition) is 6. The molecule has 0 fully saturated rings. The highest BCUT2D eigenvalue weighted by molar-refractivity contribution is 7.45. The van der Waals surface area contributed by atoms with Gasteiger partial charge in [-0.1, -0.05) is 0 Å². The average molecular weight is 211 g/mol. The van der Waals surface area contributed by atoms with Crippen molar-refractivity contribution in [3.05, 3.63) is 0 Å². The first-order valence-corrected chi connectivity index (χ1v) is 3.48. The fourth-order valence-corrected chi connectivity index (χ4v) is 0. The van der Waals surface area contributed by atoms with Crippen LogP contribution in [-0.4, -0.2) is 38.1 Å². The number of aliphatic hydroxyl groups excluding tert-OH is 2. The zero-order chi connectivity index (χ0) is 7.91. The van der Waals surface area contributed by atoms with Gasteiger partial charge in [0.05, 0.1) is 13.2 Å². The monoisotopic (exact) mass is 211 g/mol. The molecule has 0 aromatic heterocycles. The lowest BCUT2D eigenvalue weighted by Gasteiger charge is -1.82. The predicted octanol–water partition coefficient (Wildman–Crippen LogP) is -1.47. The number of hydrogen-bond donors (Lipinski definition) is 8. The summed E-state index contributed by atoms with van der Waals surface area (Å²) in [4.78, 5) is 21.6. The van der Waals surface area contributed by atoms with Crippen LogP contribution in [0.4, 0.5) is 0 Å². The summed E-state index contributed by atoms with van der Waals surface area (Å²) in [5.41, 5.74) is 0. The molecule has 10 heteroatoms. The molecule has 0 radical (unpaired) electrons. The van der Waals surface area contributed by atoms with Gasteiger partial charge in [-0.25, -0.2) is 4.57 Å². The largest absolute Gasteiger partial charge is 0.466 e. The highest BCUT2D eigenvalue weighted by Crippen LogP contribution is 2.25. The molecule has 0 saturated carbocycles. The fourth-order valence-electron chi connectivity index (χ4n) is 0. The first-order valence-electron chi connectivity index (χ1n) is 1.92. The van der Waals surface area contributed by atoms with Gasteiger partial charge in [-0.15, -0.1) is 0 Å². The summed E-state index contributed by atoms with van der Waals surface area (Å²) in [6, 6.07) is 0. The lowest BCUT2D eigenvalue weighted by molar-refractivity contribution is 0.186. The minimum atomic E-state index is -4.64. The summed E-state index contributed by atoms with van der Waals surface area (Å²) in [6.07, 6.45) is 0. The van der Waals surface area contributed by atoms with Crippen LogP contribution in [-0.2, 0) is 4.57 Å². The molecule has 0 aromatic rings. The van der Waals surface area contributed by atoms with Crippen LogP contribution in [0, 0.1) is 0 Å². The van der Waals surface area contributed by atoms with Gasteiger partial charge in [0.15, 0.2) is 0 Å². The molecule has 9 nitrogen and oxygen atoms in total. The predicted molar refractivity (Wildman–Crippen MR) is 43.5 cm³/mol. The van der Waals surface area contributed by atoms with Crippen LogP contribution < -0.4 is 18.5 Å². The van der Waals surface area contributed by atoms with E-state index in [4.69, 9.17) is 29.5 Å². The van der Waals surface area contributed by atoms with Crippen molar-refractivity contribution in [1.82, 2.24) is 18.5 Å². The molecular formula is C2H18N3O6P. The van der Waals surface area contributed by atoms with Crippen LogP contribution >= 0.6 is 7.82 Å². The van der Waals surface area contributed by atoms with E-state index in [1.54, 1.807) is 0 Å². The van der Waals surface area contributed by atoms with Gasteiger partial charge in [-0.05, 0) is 0 Å².